The van der Waals surface area contributed by atoms with Gasteiger partial charge in [-0.05, 0) is 30.5 Å². The maximum Gasteiger partial charge on any atom is 0.416 e. The van der Waals surface area contributed by atoms with Crippen LogP contribution in [0.5, 0.6) is 0 Å². The van der Waals surface area contributed by atoms with Gasteiger partial charge in [0.05, 0.1) is 5.56 Å². The van der Waals surface area contributed by atoms with E-state index in [9.17, 15) is 18.0 Å². The quantitative estimate of drug-likeness (QED) is 0.919. The van der Waals surface area contributed by atoms with Crippen molar-refractivity contribution in [2.45, 2.75) is 31.7 Å². The van der Waals surface area contributed by atoms with Crippen molar-refractivity contribution in [2.24, 2.45) is 0 Å². The number of hydrogen-bond acceptors (Lipinski definition) is 2. The summed E-state index contributed by atoms with van der Waals surface area (Å²) in [6, 6.07) is 4.73. The van der Waals surface area contributed by atoms with Gasteiger partial charge in [-0.3, -0.25) is 4.79 Å². The lowest BCUT2D eigenvalue weighted by atomic mass is 10.1. The van der Waals surface area contributed by atoms with E-state index in [0.29, 0.717) is 18.6 Å². The fourth-order valence-corrected chi connectivity index (χ4v) is 1.90. The Morgan fingerprint density at radius 2 is 2.00 bits per heavy atom. The van der Waals surface area contributed by atoms with Gasteiger partial charge in [0.15, 0.2) is 0 Å². The molecule has 1 heterocycles. The van der Waals surface area contributed by atoms with Crippen molar-refractivity contribution in [3.8, 4) is 0 Å². The number of alkyl halides is 3. The van der Waals surface area contributed by atoms with E-state index in [4.69, 9.17) is 4.74 Å². The number of halogens is 3. The van der Waals surface area contributed by atoms with Gasteiger partial charge < -0.3 is 10.1 Å². The number of ether oxygens (including phenoxy) is 1. The molecule has 1 amide bonds. The summed E-state index contributed by atoms with van der Waals surface area (Å²) in [5, 5.41) is 2.65. The molecular weight excluding hydrogens is 259 g/mol. The van der Waals surface area contributed by atoms with E-state index >= 15 is 0 Å². The molecule has 0 radical (unpaired) electrons. The third-order valence-electron chi connectivity index (χ3n) is 2.97. The summed E-state index contributed by atoms with van der Waals surface area (Å²) < 4.78 is 42.3. The van der Waals surface area contributed by atoms with Crippen LogP contribution in [0.2, 0.25) is 0 Å². The van der Waals surface area contributed by atoms with Gasteiger partial charge in [0.25, 0.3) is 0 Å². The van der Waals surface area contributed by atoms with E-state index in [-0.39, 0.29) is 12.5 Å². The van der Waals surface area contributed by atoms with Crippen molar-refractivity contribution in [1.29, 1.82) is 0 Å². The van der Waals surface area contributed by atoms with Gasteiger partial charge in [-0.25, -0.2) is 0 Å². The summed E-state index contributed by atoms with van der Waals surface area (Å²) >= 11 is 0. The smallest absolute Gasteiger partial charge is 0.368 e. The molecule has 0 aromatic heterocycles. The minimum atomic E-state index is -4.33. The number of nitrogens with one attached hydrogen (secondary N) is 1. The second kappa shape index (κ2) is 5.61. The molecule has 3 nitrogen and oxygen atoms in total. The molecule has 6 heteroatoms. The zero-order valence-electron chi connectivity index (χ0n) is 10.2. The van der Waals surface area contributed by atoms with Gasteiger partial charge in [-0.15, -0.1) is 0 Å². The van der Waals surface area contributed by atoms with Crippen LogP contribution in [0.15, 0.2) is 24.3 Å². The Kier molecular flexibility index (Phi) is 4.09. The van der Waals surface area contributed by atoms with Gasteiger partial charge in [-0.1, -0.05) is 12.1 Å². The first-order valence-electron chi connectivity index (χ1n) is 6.02. The van der Waals surface area contributed by atoms with Crippen LogP contribution >= 0.6 is 0 Å². The first kappa shape index (κ1) is 13.9. The largest absolute Gasteiger partial charge is 0.416 e. The van der Waals surface area contributed by atoms with Gasteiger partial charge in [0.1, 0.15) is 6.10 Å². The second-order valence-electron chi connectivity index (χ2n) is 4.41. The highest BCUT2D eigenvalue weighted by atomic mass is 19.4. The Balaban J connectivity index is 1.87. The van der Waals surface area contributed by atoms with Crippen LogP contribution in [0, 0.1) is 0 Å². The first-order chi connectivity index (χ1) is 8.97. The third-order valence-corrected chi connectivity index (χ3v) is 2.97. The molecule has 1 atom stereocenters. The summed E-state index contributed by atoms with van der Waals surface area (Å²) in [4.78, 5) is 11.6. The van der Waals surface area contributed by atoms with E-state index < -0.39 is 17.8 Å². The molecule has 104 valence electrons. The average Bonchev–Trinajstić information content (AvgIpc) is 2.89. The summed E-state index contributed by atoms with van der Waals surface area (Å²) in [5.41, 5.74) is -0.0685. The van der Waals surface area contributed by atoms with E-state index in [2.05, 4.69) is 5.32 Å². The van der Waals surface area contributed by atoms with Gasteiger partial charge in [0, 0.05) is 13.2 Å². The molecule has 1 fully saturated rings. The van der Waals surface area contributed by atoms with Crippen LogP contribution in [0.1, 0.15) is 24.0 Å². The molecule has 0 bridgehead atoms. The molecule has 1 unspecified atom stereocenters. The highest BCUT2D eigenvalue weighted by molar-refractivity contribution is 5.80. The van der Waals surface area contributed by atoms with Crippen molar-refractivity contribution in [2.75, 3.05) is 6.61 Å². The number of benzene rings is 1. The molecule has 1 aromatic carbocycles. The summed E-state index contributed by atoms with van der Waals surface area (Å²) in [6.07, 6.45) is -3.20. The zero-order valence-corrected chi connectivity index (χ0v) is 10.2. The molecule has 1 aliphatic rings. The maximum absolute atomic E-state index is 12.4. The Hall–Kier alpha value is -1.56. The molecular formula is C13H14F3NO2. The summed E-state index contributed by atoms with van der Waals surface area (Å²) in [5.74, 6) is -0.211. The molecule has 1 aromatic rings. The van der Waals surface area contributed by atoms with Crippen molar-refractivity contribution < 1.29 is 22.7 Å². The molecule has 1 aliphatic heterocycles. The molecule has 2 rings (SSSR count). The van der Waals surface area contributed by atoms with Gasteiger partial charge >= 0.3 is 6.18 Å². The fraction of sp³-hybridized carbons (Fsp3) is 0.462. The average molecular weight is 273 g/mol. The lowest BCUT2D eigenvalue weighted by molar-refractivity contribution is -0.137. The van der Waals surface area contributed by atoms with E-state index in [1.807, 2.05) is 0 Å². The second-order valence-corrected chi connectivity index (χ2v) is 4.41. The third kappa shape index (κ3) is 3.70. The van der Waals surface area contributed by atoms with Crippen molar-refractivity contribution >= 4 is 5.91 Å². The predicted molar refractivity (Wildman–Crippen MR) is 62.3 cm³/mol. The summed E-state index contributed by atoms with van der Waals surface area (Å²) in [6.45, 7) is 0.787. The summed E-state index contributed by atoms with van der Waals surface area (Å²) in [7, 11) is 0. The topological polar surface area (TPSA) is 38.3 Å². The Labute approximate surface area is 108 Å². The van der Waals surface area contributed by atoms with Crippen LogP contribution in [-0.2, 0) is 22.3 Å². The normalized spacial score (nSPS) is 19.4. The van der Waals surface area contributed by atoms with Gasteiger partial charge in [0.2, 0.25) is 5.91 Å². The first-order valence-corrected chi connectivity index (χ1v) is 6.02. The molecule has 0 saturated carbocycles. The van der Waals surface area contributed by atoms with Crippen LogP contribution < -0.4 is 5.32 Å². The van der Waals surface area contributed by atoms with Gasteiger partial charge in [-0.2, -0.15) is 13.2 Å². The highest BCUT2D eigenvalue weighted by Crippen LogP contribution is 2.29. The van der Waals surface area contributed by atoms with Crippen LogP contribution in [0.25, 0.3) is 0 Å². The maximum atomic E-state index is 12.4. The van der Waals surface area contributed by atoms with E-state index in [0.717, 1.165) is 18.6 Å². The Morgan fingerprint density at radius 3 is 2.53 bits per heavy atom. The monoisotopic (exact) mass is 273 g/mol. The van der Waals surface area contributed by atoms with Crippen molar-refractivity contribution in [3.63, 3.8) is 0 Å². The lowest BCUT2D eigenvalue weighted by Crippen LogP contribution is -2.33. The number of carbonyl (C=O) groups is 1. The minimum Gasteiger partial charge on any atom is -0.368 e. The zero-order chi connectivity index (χ0) is 13.9. The van der Waals surface area contributed by atoms with Crippen LogP contribution in [-0.4, -0.2) is 18.6 Å². The van der Waals surface area contributed by atoms with Crippen molar-refractivity contribution in [1.82, 2.24) is 5.32 Å². The van der Waals surface area contributed by atoms with E-state index in [1.54, 1.807) is 0 Å². The molecule has 19 heavy (non-hydrogen) atoms. The number of rotatable bonds is 3. The number of carbonyl (C=O) groups excluding carboxylic acids is 1. The lowest BCUT2D eigenvalue weighted by Gasteiger charge is -2.11. The van der Waals surface area contributed by atoms with Crippen LogP contribution in [0.4, 0.5) is 13.2 Å². The van der Waals surface area contributed by atoms with Crippen molar-refractivity contribution in [3.05, 3.63) is 35.4 Å². The molecule has 1 saturated heterocycles. The molecule has 1 N–H and O–H groups in total. The van der Waals surface area contributed by atoms with Crippen LogP contribution in [0.3, 0.4) is 0 Å². The predicted octanol–water partition coefficient (Wildman–Crippen LogP) is 2.50. The van der Waals surface area contributed by atoms with E-state index in [1.165, 1.54) is 12.1 Å². The SMILES string of the molecule is O=C(NCc1ccc(C(F)(F)F)cc1)C1CCCO1. The number of hydrogen-bond donors (Lipinski definition) is 1. The highest BCUT2D eigenvalue weighted by Gasteiger charge is 2.30. The standard InChI is InChI=1S/C13H14F3NO2/c14-13(15,16)10-5-3-9(4-6-10)8-17-12(18)11-2-1-7-19-11/h3-6,11H,1-2,7-8H2,(H,17,18). The Bertz CT molecular complexity index is 436. The minimum absolute atomic E-state index is 0.205. The molecule has 0 spiro atoms. The fourth-order valence-electron chi connectivity index (χ4n) is 1.90. The Morgan fingerprint density at radius 1 is 1.32 bits per heavy atom. The molecule has 0 aliphatic carbocycles. The number of amides is 1.